The average Bonchev–Trinajstić information content (AvgIpc) is 3.14. The van der Waals surface area contributed by atoms with Crippen molar-refractivity contribution in [3.63, 3.8) is 0 Å². The van der Waals surface area contributed by atoms with Crippen LogP contribution in [0.4, 0.5) is 0 Å². The summed E-state index contributed by atoms with van der Waals surface area (Å²) < 4.78 is 0. The van der Waals surface area contributed by atoms with Crippen molar-refractivity contribution in [2.75, 3.05) is 0 Å². The van der Waals surface area contributed by atoms with Gasteiger partial charge in [0.05, 0.1) is 12.1 Å². The molecule has 1 aliphatic rings. The van der Waals surface area contributed by atoms with Crippen molar-refractivity contribution < 1.29 is 4.79 Å². The van der Waals surface area contributed by atoms with Crippen LogP contribution < -0.4 is 10.6 Å². The Bertz CT molecular complexity index is 373. The van der Waals surface area contributed by atoms with Crippen LogP contribution in [0, 0.1) is 0 Å². The predicted octanol–water partition coefficient (Wildman–Crippen LogP) is 2.00. The number of benzene rings is 1. The molecule has 0 radical (unpaired) electrons. The lowest BCUT2D eigenvalue weighted by Gasteiger charge is -2.18. The highest BCUT2D eigenvalue weighted by Gasteiger charge is 2.26. The molecule has 1 aliphatic carbocycles. The number of amides is 1. The van der Waals surface area contributed by atoms with E-state index in [9.17, 15) is 4.79 Å². The first-order valence-corrected chi connectivity index (χ1v) is 6.28. The van der Waals surface area contributed by atoms with Crippen molar-refractivity contribution >= 4 is 5.91 Å². The first-order valence-electron chi connectivity index (χ1n) is 6.28. The van der Waals surface area contributed by atoms with Gasteiger partial charge in [0, 0.05) is 6.04 Å². The van der Waals surface area contributed by atoms with Gasteiger partial charge in [-0.1, -0.05) is 30.3 Å². The highest BCUT2D eigenvalue weighted by atomic mass is 16.2. The normalized spacial score (nSPS) is 18.5. The minimum Gasteiger partial charge on any atom is -0.348 e. The van der Waals surface area contributed by atoms with Crippen LogP contribution in [-0.4, -0.2) is 18.0 Å². The molecule has 0 heterocycles. The molecule has 1 amide bonds. The molecule has 0 aliphatic heterocycles. The predicted molar refractivity (Wildman–Crippen MR) is 68.6 cm³/mol. The smallest absolute Gasteiger partial charge is 0.237 e. The zero-order chi connectivity index (χ0) is 12.3. The number of nitrogens with one attached hydrogen (secondary N) is 2. The van der Waals surface area contributed by atoms with Gasteiger partial charge in [0.1, 0.15) is 0 Å². The molecule has 0 spiro atoms. The molecule has 2 N–H and O–H groups in total. The van der Waals surface area contributed by atoms with Crippen molar-refractivity contribution in [1.82, 2.24) is 10.6 Å². The summed E-state index contributed by atoms with van der Waals surface area (Å²) in [6, 6.07) is 10.5. The monoisotopic (exact) mass is 232 g/mol. The van der Waals surface area contributed by atoms with Gasteiger partial charge in [-0.15, -0.1) is 0 Å². The third-order valence-electron chi connectivity index (χ3n) is 3.11. The zero-order valence-corrected chi connectivity index (χ0v) is 10.4. The van der Waals surface area contributed by atoms with Crippen molar-refractivity contribution in [2.45, 2.75) is 44.8 Å². The average molecular weight is 232 g/mol. The first kappa shape index (κ1) is 12.1. The van der Waals surface area contributed by atoms with Crippen LogP contribution in [0.3, 0.4) is 0 Å². The number of hydrogen-bond donors (Lipinski definition) is 2. The molecule has 1 saturated carbocycles. The van der Waals surface area contributed by atoms with Crippen LogP contribution in [0.1, 0.15) is 38.3 Å². The van der Waals surface area contributed by atoms with E-state index in [4.69, 9.17) is 0 Å². The largest absolute Gasteiger partial charge is 0.348 e. The van der Waals surface area contributed by atoms with Gasteiger partial charge >= 0.3 is 0 Å². The Balaban J connectivity index is 1.85. The number of carbonyl (C=O) groups excluding carboxylic acids is 1. The standard InChI is InChI=1S/C14H20N2O/c1-10(12-6-4-3-5-7-12)16-14(17)11(2)15-13-8-9-13/h3-7,10-11,13,15H,8-9H2,1-2H3,(H,16,17). The summed E-state index contributed by atoms with van der Waals surface area (Å²) in [6.45, 7) is 3.93. The Hall–Kier alpha value is -1.35. The van der Waals surface area contributed by atoms with E-state index in [-0.39, 0.29) is 18.0 Å². The van der Waals surface area contributed by atoms with Gasteiger partial charge in [-0.25, -0.2) is 0 Å². The molecule has 17 heavy (non-hydrogen) atoms. The van der Waals surface area contributed by atoms with Gasteiger partial charge in [0.15, 0.2) is 0 Å². The fourth-order valence-electron chi connectivity index (χ4n) is 1.84. The molecular formula is C14H20N2O. The van der Waals surface area contributed by atoms with Gasteiger partial charge in [0.25, 0.3) is 0 Å². The van der Waals surface area contributed by atoms with Crippen molar-refractivity contribution in [1.29, 1.82) is 0 Å². The van der Waals surface area contributed by atoms with Crippen LogP contribution in [0.2, 0.25) is 0 Å². The quantitative estimate of drug-likeness (QED) is 0.815. The molecule has 2 rings (SSSR count). The summed E-state index contributed by atoms with van der Waals surface area (Å²) in [5.41, 5.74) is 1.14. The summed E-state index contributed by atoms with van der Waals surface area (Å²) in [7, 11) is 0. The Morgan fingerprint density at radius 1 is 1.24 bits per heavy atom. The third kappa shape index (κ3) is 3.56. The summed E-state index contributed by atoms with van der Waals surface area (Å²) in [4.78, 5) is 11.9. The second-order valence-electron chi connectivity index (χ2n) is 4.80. The van der Waals surface area contributed by atoms with E-state index in [1.807, 2.05) is 44.2 Å². The maximum atomic E-state index is 11.9. The lowest BCUT2D eigenvalue weighted by atomic mass is 10.1. The summed E-state index contributed by atoms with van der Waals surface area (Å²) in [5.74, 6) is 0.0771. The molecule has 1 aromatic rings. The SMILES string of the molecule is CC(NC1CC1)C(=O)NC(C)c1ccccc1. The molecule has 0 bridgehead atoms. The Labute approximate surface area is 103 Å². The van der Waals surface area contributed by atoms with Crippen molar-refractivity contribution in [2.24, 2.45) is 0 Å². The Morgan fingerprint density at radius 3 is 2.47 bits per heavy atom. The number of carbonyl (C=O) groups is 1. The molecular weight excluding hydrogens is 212 g/mol. The molecule has 2 unspecified atom stereocenters. The molecule has 2 atom stereocenters. The molecule has 0 saturated heterocycles. The summed E-state index contributed by atoms with van der Waals surface area (Å²) >= 11 is 0. The second-order valence-corrected chi connectivity index (χ2v) is 4.80. The van der Waals surface area contributed by atoms with E-state index in [0.29, 0.717) is 6.04 Å². The molecule has 1 fully saturated rings. The fourth-order valence-corrected chi connectivity index (χ4v) is 1.84. The minimum atomic E-state index is -0.103. The van der Waals surface area contributed by atoms with Crippen LogP contribution in [0.15, 0.2) is 30.3 Å². The lowest BCUT2D eigenvalue weighted by Crippen LogP contribution is -2.43. The van der Waals surface area contributed by atoms with Crippen LogP contribution in [0.5, 0.6) is 0 Å². The van der Waals surface area contributed by atoms with Gasteiger partial charge in [-0.2, -0.15) is 0 Å². The summed E-state index contributed by atoms with van der Waals surface area (Å²) in [5, 5.41) is 6.33. The molecule has 0 aromatic heterocycles. The highest BCUT2D eigenvalue weighted by Crippen LogP contribution is 2.19. The van der Waals surface area contributed by atoms with Crippen LogP contribution >= 0.6 is 0 Å². The Morgan fingerprint density at radius 2 is 1.88 bits per heavy atom. The zero-order valence-electron chi connectivity index (χ0n) is 10.4. The fraction of sp³-hybridized carbons (Fsp3) is 0.500. The number of rotatable bonds is 5. The van der Waals surface area contributed by atoms with E-state index in [0.717, 1.165) is 5.56 Å². The maximum Gasteiger partial charge on any atom is 0.237 e. The van der Waals surface area contributed by atoms with E-state index in [2.05, 4.69) is 10.6 Å². The van der Waals surface area contributed by atoms with Gasteiger partial charge < -0.3 is 10.6 Å². The summed E-state index contributed by atoms with van der Waals surface area (Å²) in [6.07, 6.45) is 2.40. The van der Waals surface area contributed by atoms with E-state index in [1.54, 1.807) is 0 Å². The van der Waals surface area contributed by atoms with E-state index in [1.165, 1.54) is 12.8 Å². The first-order chi connectivity index (χ1) is 8.16. The lowest BCUT2D eigenvalue weighted by molar-refractivity contribution is -0.123. The van der Waals surface area contributed by atoms with Gasteiger partial charge in [-0.05, 0) is 32.3 Å². The van der Waals surface area contributed by atoms with Crippen LogP contribution in [-0.2, 0) is 4.79 Å². The van der Waals surface area contributed by atoms with E-state index < -0.39 is 0 Å². The van der Waals surface area contributed by atoms with Crippen LogP contribution in [0.25, 0.3) is 0 Å². The molecule has 92 valence electrons. The van der Waals surface area contributed by atoms with Crippen molar-refractivity contribution in [3.05, 3.63) is 35.9 Å². The Kier molecular flexibility index (Phi) is 3.79. The topological polar surface area (TPSA) is 41.1 Å². The molecule has 3 heteroatoms. The maximum absolute atomic E-state index is 11.9. The molecule has 1 aromatic carbocycles. The van der Waals surface area contributed by atoms with Gasteiger partial charge in [-0.3, -0.25) is 4.79 Å². The minimum absolute atomic E-state index is 0.0622. The molecule has 3 nitrogen and oxygen atoms in total. The van der Waals surface area contributed by atoms with Crippen molar-refractivity contribution in [3.8, 4) is 0 Å². The number of hydrogen-bond acceptors (Lipinski definition) is 2. The van der Waals surface area contributed by atoms with E-state index >= 15 is 0 Å². The highest BCUT2D eigenvalue weighted by molar-refractivity contribution is 5.81. The second kappa shape index (κ2) is 5.32. The van der Waals surface area contributed by atoms with Gasteiger partial charge in [0.2, 0.25) is 5.91 Å². The third-order valence-corrected chi connectivity index (χ3v) is 3.11.